The normalized spacial score (nSPS) is 28.7. The molecule has 1 aromatic carbocycles. The third kappa shape index (κ3) is 3.16. The first-order valence-electron chi connectivity index (χ1n) is 9.66. The zero-order valence-electron chi connectivity index (χ0n) is 15.3. The average molecular weight is 354 g/mol. The minimum Gasteiger partial charge on any atom is -0.494 e. The Balaban J connectivity index is 1.46. The van der Waals surface area contributed by atoms with Gasteiger partial charge in [0.25, 0.3) is 5.91 Å². The fraction of sp³-hybridized carbons (Fsp3) is 0.524. The summed E-state index contributed by atoms with van der Waals surface area (Å²) in [5, 5.41) is 0. The van der Waals surface area contributed by atoms with Gasteiger partial charge in [0, 0.05) is 13.1 Å². The molecular formula is C21H26N2O3. The summed E-state index contributed by atoms with van der Waals surface area (Å²) < 4.78 is 5.58. The van der Waals surface area contributed by atoms with Crippen molar-refractivity contribution in [3.63, 3.8) is 0 Å². The Morgan fingerprint density at radius 1 is 1.04 bits per heavy atom. The van der Waals surface area contributed by atoms with Gasteiger partial charge < -0.3 is 4.74 Å². The highest BCUT2D eigenvalue weighted by atomic mass is 16.5. The zero-order chi connectivity index (χ0) is 18.1. The molecular weight excluding hydrogens is 328 g/mol. The predicted octanol–water partition coefficient (Wildman–Crippen LogP) is 3.01. The molecule has 2 aliphatic heterocycles. The maximum Gasteiger partial charge on any atom is 0.251 e. The molecule has 0 bridgehead atoms. The van der Waals surface area contributed by atoms with Crippen LogP contribution in [-0.4, -0.2) is 42.5 Å². The van der Waals surface area contributed by atoms with Crippen molar-refractivity contribution < 1.29 is 14.3 Å². The van der Waals surface area contributed by atoms with Crippen LogP contribution in [0.25, 0.3) is 0 Å². The van der Waals surface area contributed by atoms with E-state index in [1.54, 1.807) is 12.1 Å². The first kappa shape index (κ1) is 17.3. The van der Waals surface area contributed by atoms with Crippen molar-refractivity contribution in [1.82, 2.24) is 4.90 Å². The van der Waals surface area contributed by atoms with Gasteiger partial charge in [-0.15, -0.1) is 0 Å². The van der Waals surface area contributed by atoms with Gasteiger partial charge in [-0.2, -0.15) is 0 Å². The molecule has 1 aliphatic carbocycles. The molecule has 2 amide bonds. The molecule has 26 heavy (non-hydrogen) atoms. The molecule has 2 fully saturated rings. The Bertz CT molecular complexity index is 696. The van der Waals surface area contributed by atoms with Crippen LogP contribution in [0.4, 0.5) is 5.69 Å². The standard InChI is InChI=1S/C21H26N2O3/c1-2-11-26-18-9-7-17(8-10-18)23-20(24)12-19(21(23)25)22-13-15-5-3-4-6-16(15)14-22/h3-4,7-10,15-16,19H,2,5-6,11-14H2,1H3/t15-,16+,19?. The molecule has 3 atom stereocenters. The van der Waals surface area contributed by atoms with Gasteiger partial charge in [-0.3, -0.25) is 14.5 Å². The van der Waals surface area contributed by atoms with Crippen molar-refractivity contribution in [2.75, 3.05) is 24.6 Å². The van der Waals surface area contributed by atoms with Crippen LogP contribution in [0.2, 0.25) is 0 Å². The van der Waals surface area contributed by atoms with E-state index in [0.29, 0.717) is 30.6 Å². The number of likely N-dealkylation sites (tertiary alicyclic amines) is 1. The summed E-state index contributed by atoms with van der Waals surface area (Å²) in [6.07, 6.45) is 7.93. The summed E-state index contributed by atoms with van der Waals surface area (Å²) in [6.45, 7) is 4.57. The summed E-state index contributed by atoms with van der Waals surface area (Å²) in [7, 11) is 0. The van der Waals surface area contributed by atoms with Crippen molar-refractivity contribution >= 4 is 17.5 Å². The summed E-state index contributed by atoms with van der Waals surface area (Å²) in [4.78, 5) is 29.1. The number of imide groups is 1. The Labute approximate surface area is 154 Å². The highest BCUT2D eigenvalue weighted by Crippen LogP contribution is 2.36. The second kappa shape index (κ2) is 7.23. The Morgan fingerprint density at radius 3 is 2.31 bits per heavy atom. The van der Waals surface area contributed by atoms with Crippen LogP contribution in [0.15, 0.2) is 36.4 Å². The number of fused-ring (bicyclic) bond motifs is 1. The van der Waals surface area contributed by atoms with E-state index in [1.165, 1.54) is 4.90 Å². The number of carbonyl (C=O) groups is 2. The summed E-state index contributed by atoms with van der Waals surface area (Å²) in [5.41, 5.74) is 0.643. The summed E-state index contributed by atoms with van der Waals surface area (Å²) in [5.74, 6) is 1.85. The van der Waals surface area contributed by atoms with Gasteiger partial charge in [0.05, 0.1) is 24.8 Å². The molecule has 0 spiro atoms. The number of rotatable bonds is 5. The van der Waals surface area contributed by atoms with Crippen LogP contribution in [0.5, 0.6) is 5.75 Å². The first-order valence-corrected chi connectivity index (χ1v) is 9.66. The van der Waals surface area contributed by atoms with Crippen LogP contribution < -0.4 is 9.64 Å². The molecule has 0 N–H and O–H groups in total. The fourth-order valence-corrected chi connectivity index (χ4v) is 4.39. The van der Waals surface area contributed by atoms with Crippen LogP contribution in [0, 0.1) is 11.8 Å². The van der Waals surface area contributed by atoms with E-state index >= 15 is 0 Å². The number of carbonyl (C=O) groups excluding carboxylic acids is 2. The van der Waals surface area contributed by atoms with E-state index in [1.807, 2.05) is 12.1 Å². The van der Waals surface area contributed by atoms with E-state index < -0.39 is 0 Å². The number of nitrogens with zero attached hydrogens (tertiary/aromatic N) is 2. The lowest BCUT2D eigenvalue weighted by Gasteiger charge is -2.22. The molecule has 1 aromatic rings. The van der Waals surface area contributed by atoms with Gasteiger partial charge in [-0.1, -0.05) is 19.1 Å². The van der Waals surface area contributed by atoms with Crippen molar-refractivity contribution in [2.45, 2.75) is 38.6 Å². The molecule has 5 nitrogen and oxygen atoms in total. The van der Waals surface area contributed by atoms with Crippen LogP contribution in [0.1, 0.15) is 32.6 Å². The molecule has 2 saturated heterocycles. The Hall–Kier alpha value is -2.14. The van der Waals surface area contributed by atoms with E-state index in [0.717, 1.165) is 38.1 Å². The van der Waals surface area contributed by atoms with Crippen molar-refractivity contribution in [3.8, 4) is 5.75 Å². The van der Waals surface area contributed by atoms with E-state index in [-0.39, 0.29) is 17.9 Å². The number of hydrogen-bond acceptors (Lipinski definition) is 4. The van der Waals surface area contributed by atoms with Gasteiger partial charge >= 0.3 is 0 Å². The number of hydrogen-bond donors (Lipinski definition) is 0. The van der Waals surface area contributed by atoms with Crippen molar-refractivity contribution in [3.05, 3.63) is 36.4 Å². The maximum absolute atomic E-state index is 13.0. The molecule has 5 heteroatoms. The van der Waals surface area contributed by atoms with E-state index in [2.05, 4.69) is 24.0 Å². The maximum atomic E-state index is 13.0. The quantitative estimate of drug-likeness (QED) is 0.602. The van der Waals surface area contributed by atoms with Gasteiger partial charge in [0.2, 0.25) is 5.91 Å². The summed E-state index contributed by atoms with van der Waals surface area (Å²) >= 11 is 0. The second-order valence-corrected chi connectivity index (χ2v) is 7.55. The molecule has 1 unspecified atom stereocenters. The minimum absolute atomic E-state index is 0.0798. The number of benzene rings is 1. The lowest BCUT2D eigenvalue weighted by Crippen LogP contribution is -2.41. The first-order chi connectivity index (χ1) is 12.7. The van der Waals surface area contributed by atoms with Gasteiger partial charge in [-0.25, -0.2) is 4.90 Å². The highest BCUT2D eigenvalue weighted by molar-refractivity contribution is 6.22. The monoisotopic (exact) mass is 354 g/mol. The predicted molar refractivity (Wildman–Crippen MR) is 100 cm³/mol. The topological polar surface area (TPSA) is 49.9 Å². The molecule has 3 aliphatic rings. The smallest absolute Gasteiger partial charge is 0.251 e. The lowest BCUT2D eigenvalue weighted by atomic mass is 9.86. The van der Waals surface area contributed by atoms with Crippen molar-refractivity contribution in [1.29, 1.82) is 0 Å². The Morgan fingerprint density at radius 2 is 1.69 bits per heavy atom. The molecule has 138 valence electrons. The molecule has 0 radical (unpaired) electrons. The summed E-state index contributed by atoms with van der Waals surface area (Å²) in [6, 6.07) is 6.96. The molecule has 0 aromatic heterocycles. The van der Waals surface area contributed by atoms with Crippen LogP contribution in [-0.2, 0) is 9.59 Å². The fourth-order valence-electron chi connectivity index (χ4n) is 4.39. The van der Waals surface area contributed by atoms with Crippen LogP contribution >= 0.6 is 0 Å². The van der Waals surface area contributed by atoms with Crippen LogP contribution in [0.3, 0.4) is 0 Å². The highest BCUT2D eigenvalue weighted by Gasteiger charge is 2.46. The molecule has 4 rings (SSSR count). The minimum atomic E-state index is -0.302. The van der Waals surface area contributed by atoms with E-state index in [9.17, 15) is 9.59 Å². The zero-order valence-corrected chi connectivity index (χ0v) is 15.3. The Kier molecular flexibility index (Phi) is 4.81. The lowest BCUT2D eigenvalue weighted by molar-refractivity contribution is -0.122. The number of allylic oxidation sites excluding steroid dienone is 2. The molecule has 0 saturated carbocycles. The average Bonchev–Trinajstić information content (AvgIpc) is 3.21. The third-order valence-corrected chi connectivity index (χ3v) is 5.78. The number of anilines is 1. The second-order valence-electron chi connectivity index (χ2n) is 7.55. The SMILES string of the molecule is CCCOc1ccc(N2C(=O)CC(N3C[C@H]4CC=CC[C@H]4C3)C2=O)cc1. The number of amides is 2. The van der Waals surface area contributed by atoms with E-state index in [4.69, 9.17) is 4.74 Å². The van der Waals surface area contributed by atoms with Gasteiger partial charge in [0.15, 0.2) is 0 Å². The molecule has 2 heterocycles. The van der Waals surface area contributed by atoms with Crippen molar-refractivity contribution in [2.24, 2.45) is 11.8 Å². The number of ether oxygens (including phenoxy) is 1. The van der Waals surface area contributed by atoms with Gasteiger partial charge in [0.1, 0.15) is 5.75 Å². The largest absolute Gasteiger partial charge is 0.494 e. The third-order valence-electron chi connectivity index (χ3n) is 5.78. The van der Waals surface area contributed by atoms with Gasteiger partial charge in [-0.05, 0) is 55.4 Å².